The van der Waals surface area contributed by atoms with Crippen LogP contribution in [0.15, 0.2) is 60.8 Å². The maximum Gasteiger partial charge on any atom is 0.273 e. The third-order valence-electron chi connectivity index (χ3n) is 5.39. The van der Waals surface area contributed by atoms with Crippen molar-refractivity contribution in [3.63, 3.8) is 0 Å². The second-order valence-electron chi connectivity index (χ2n) is 8.02. The van der Waals surface area contributed by atoms with Crippen LogP contribution in [0.25, 0.3) is 16.9 Å². The van der Waals surface area contributed by atoms with E-state index in [2.05, 4.69) is 16.0 Å². The van der Waals surface area contributed by atoms with E-state index in [1.54, 1.807) is 10.9 Å². The Kier molecular flexibility index (Phi) is 6.09. The molecule has 32 heavy (non-hydrogen) atoms. The zero-order valence-corrected chi connectivity index (χ0v) is 18.4. The largest absolute Gasteiger partial charge is 0.273 e. The van der Waals surface area contributed by atoms with Crippen LogP contribution in [0.2, 0.25) is 0 Å². The van der Waals surface area contributed by atoms with E-state index in [0.29, 0.717) is 17.7 Å². The Morgan fingerprint density at radius 3 is 2.56 bits per heavy atom. The molecule has 1 atom stereocenters. The van der Waals surface area contributed by atoms with Gasteiger partial charge in [0, 0.05) is 18.2 Å². The molecule has 0 radical (unpaired) electrons. The van der Waals surface area contributed by atoms with Crippen LogP contribution in [0.1, 0.15) is 28.8 Å². The van der Waals surface area contributed by atoms with Gasteiger partial charge >= 0.3 is 0 Å². The van der Waals surface area contributed by atoms with E-state index in [-0.39, 0.29) is 23.8 Å². The monoisotopic (exact) mass is 452 g/mol. The van der Waals surface area contributed by atoms with Gasteiger partial charge in [0.05, 0.1) is 22.8 Å². The standard InChI is InChI=1S/C23H24N4O4S/c1-16-6-5-7-18(12-16)22-20(14-27(26-22)19-8-3-2-4-9-19)23(29)25-24-21(28)13-17-10-11-32(30,31)15-17/h2-9,12,14,17H,10-11,13,15H2,1H3,(H,24,28)(H,25,29). The fourth-order valence-electron chi connectivity index (χ4n) is 3.80. The molecule has 1 fully saturated rings. The highest BCUT2D eigenvalue weighted by atomic mass is 32.2. The minimum absolute atomic E-state index is 0.00964. The van der Waals surface area contributed by atoms with Crippen molar-refractivity contribution in [3.05, 3.63) is 71.9 Å². The Balaban J connectivity index is 1.53. The number of hydrogen-bond donors (Lipinski definition) is 2. The van der Waals surface area contributed by atoms with E-state index in [1.807, 2.05) is 61.5 Å². The van der Waals surface area contributed by atoms with Crippen molar-refractivity contribution < 1.29 is 18.0 Å². The summed E-state index contributed by atoms with van der Waals surface area (Å²) in [7, 11) is -3.06. The molecular weight excluding hydrogens is 428 g/mol. The Morgan fingerprint density at radius 1 is 1.09 bits per heavy atom. The SMILES string of the molecule is Cc1cccc(-c2nn(-c3ccccc3)cc2C(=O)NNC(=O)CC2CCS(=O)(=O)C2)c1. The third-order valence-corrected chi connectivity index (χ3v) is 7.22. The number of hydrogen-bond acceptors (Lipinski definition) is 5. The highest BCUT2D eigenvalue weighted by molar-refractivity contribution is 7.91. The van der Waals surface area contributed by atoms with Gasteiger partial charge in [-0.25, -0.2) is 13.1 Å². The molecule has 2 amide bonds. The smallest absolute Gasteiger partial charge is 0.273 e. The van der Waals surface area contributed by atoms with E-state index in [4.69, 9.17) is 0 Å². The Hall–Kier alpha value is -3.46. The molecule has 1 aliphatic rings. The highest BCUT2D eigenvalue weighted by Crippen LogP contribution is 2.25. The summed E-state index contributed by atoms with van der Waals surface area (Å²) in [6, 6.07) is 17.1. The summed E-state index contributed by atoms with van der Waals surface area (Å²) in [6.45, 7) is 1.96. The van der Waals surface area contributed by atoms with Crippen molar-refractivity contribution in [2.45, 2.75) is 19.8 Å². The summed E-state index contributed by atoms with van der Waals surface area (Å²) in [5.41, 5.74) is 8.26. The molecule has 1 unspecified atom stereocenters. The first-order chi connectivity index (χ1) is 15.3. The van der Waals surface area contributed by atoms with Crippen molar-refractivity contribution in [1.82, 2.24) is 20.6 Å². The molecule has 4 rings (SSSR count). The number of amides is 2. The first kappa shape index (κ1) is 21.8. The number of benzene rings is 2. The molecule has 2 aromatic carbocycles. The van der Waals surface area contributed by atoms with Crippen LogP contribution >= 0.6 is 0 Å². The molecule has 1 saturated heterocycles. The first-order valence-corrected chi connectivity index (χ1v) is 12.1. The molecule has 2 N–H and O–H groups in total. The van der Waals surface area contributed by atoms with Gasteiger partial charge in [-0.05, 0) is 37.5 Å². The molecule has 8 nitrogen and oxygen atoms in total. The zero-order valence-electron chi connectivity index (χ0n) is 17.6. The first-order valence-electron chi connectivity index (χ1n) is 10.3. The number of carbonyl (C=O) groups excluding carboxylic acids is 2. The van der Waals surface area contributed by atoms with Crippen molar-refractivity contribution in [2.24, 2.45) is 5.92 Å². The molecule has 0 spiro atoms. The van der Waals surface area contributed by atoms with Crippen molar-refractivity contribution in [1.29, 1.82) is 0 Å². The molecule has 0 bridgehead atoms. The van der Waals surface area contributed by atoms with Gasteiger partial charge in [-0.15, -0.1) is 0 Å². The van der Waals surface area contributed by atoms with Crippen LogP contribution in [0.5, 0.6) is 0 Å². The Labute approximate surface area is 186 Å². The Morgan fingerprint density at radius 2 is 1.88 bits per heavy atom. The van der Waals surface area contributed by atoms with E-state index in [0.717, 1.165) is 16.8 Å². The van der Waals surface area contributed by atoms with Crippen LogP contribution in [0.4, 0.5) is 0 Å². The van der Waals surface area contributed by atoms with E-state index >= 15 is 0 Å². The lowest BCUT2D eigenvalue weighted by molar-refractivity contribution is -0.122. The van der Waals surface area contributed by atoms with Gasteiger partial charge in [0.2, 0.25) is 5.91 Å². The molecule has 166 valence electrons. The lowest BCUT2D eigenvalue weighted by atomic mass is 10.1. The van der Waals surface area contributed by atoms with Crippen LogP contribution in [0.3, 0.4) is 0 Å². The molecule has 1 aromatic heterocycles. The van der Waals surface area contributed by atoms with Gasteiger partial charge in [0.15, 0.2) is 9.84 Å². The van der Waals surface area contributed by atoms with Crippen molar-refractivity contribution in [3.8, 4) is 16.9 Å². The summed E-state index contributed by atoms with van der Waals surface area (Å²) < 4.78 is 24.8. The number of para-hydroxylation sites is 1. The van der Waals surface area contributed by atoms with E-state index in [1.165, 1.54) is 0 Å². The van der Waals surface area contributed by atoms with Gasteiger partial charge in [0.1, 0.15) is 5.69 Å². The Bertz CT molecular complexity index is 1250. The summed E-state index contributed by atoms with van der Waals surface area (Å²) in [4.78, 5) is 25.2. The second-order valence-corrected chi connectivity index (χ2v) is 10.2. The quantitative estimate of drug-likeness (QED) is 0.578. The van der Waals surface area contributed by atoms with Gasteiger partial charge in [-0.3, -0.25) is 20.4 Å². The van der Waals surface area contributed by atoms with E-state index < -0.39 is 21.7 Å². The van der Waals surface area contributed by atoms with E-state index in [9.17, 15) is 18.0 Å². The fraction of sp³-hybridized carbons (Fsp3) is 0.261. The molecular formula is C23H24N4O4S. The topological polar surface area (TPSA) is 110 Å². The normalized spacial score (nSPS) is 17.1. The van der Waals surface area contributed by atoms with Gasteiger partial charge in [0.25, 0.3) is 5.91 Å². The number of rotatable bonds is 5. The summed E-state index contributed by atoms with van der Waals surface area (Å²) in [6.07, 6.45) is 2.14. The number of hydrazine groups is 1. The molecule has 0 aliphatic carbocycles. The second kappa shape index (κ2) is 8.96. The van der Waals surface area contributed by atoms with Gasteiger partial charge in [-0.1, -0.05) is 42.0 Å². The third kappa shape index (κ3) is 5.05. The number of nitrogens with zero attached hydrogens (tertiary/aromatic N) is 2. The highest BCUT2D eigenvalue weighted by Gasteiger charge is 2.29. The predicted octanol–water partition coefficient (Wildman–Crippen LogP) is 2.43. The molecule has 9 heteroatoms. The summed E-state index contributed by atoms with van der Waals surface area (Å²) >= 11 is 0. The summed E-state index contributed by atoms with van der Waals surface area (Å²) in [5, 5.41) is 4.62. The zero-order chi connectivity index (χ0) is 22.7. The molecule has 0 saturated carbocycles. The maximum absolute atomic E-state index is 12.9. The number of aromatic nitrogens is 2. The fourth-order valence-corrected chi connectivity index (χ4v) is 5.66. The average molecular weight is 453 g/mol. The maximum atomic E-state index is 12.9. The number of aryl methyl sites for hydroxylation is 1. The molecule has 3 aromatic rings. The van der Waals surface area contributed by atoms with Crippen LogP contribution < -0.4 is 10.9 Å². The summed E-state index contributed by atoms with van der Waals surface area (Å²) in [5.74, 6) is -1.03. The number of carbonyl (C=O) groups is 2. The van der Waals surface area contributed by atoms with Crippen LogP contribution in [-0.2, 0) is 14.6 Å². The lowest BCUT2D eigenvalue weighted by Crippen LogP contribution is -2.42. The van der Waals surface area contributed by atoms with Crippen molar-refractivity contribution >= 4 is 21.7 Å². The average Bonchev–Trinajstić information content (AvgIpc) is 3.36. The lowest BCUT2D eigenvalue weighted by Gasteiger charge is -2.10. The minimum atomic E-state index is -3.06. The van der Waals surface area contributed by atoms with Gasteiger partial charge in [-0.2, -0.15) is 5.10 Å². The van der Waals surface area contributed by atoms with Crippen LogP contribution in [-0.4, -0.2) is 41.5 Å². The minimum Gasteiger partial charge on any atom is -0.273 e. The predicted molar refractivity (Wildman–Crippen MR) is 121 cm³/mol. The molecule has 1 aliphatic heterocycles. The van der Waals surface area contributed by atoms with Gasteiger partial charge < -0.3 is 0 Å². The number of nitrogens with one attached hydrogen (secondary N) is 2. The number of sulfone groups is 1. The molecule has 2 heterocycles. The van der Waals surface area contributed by atoms with Crippen molar-refractivity contribution in [2.75, 3.05) is 11.5 Å². The van der Waals surface area contributed by atoms with Crippen LogP contribution in [0, 0.1) is 12.8 Å².